The fourth-order valence-electron chi connectivity index (χ4n) is 8.84. The zero-order valence-electron chi connectivity index (χ0n) is 28.3. The van der Waals surface area contributed by atoms with E-state index in [0.29, 0.717) is 0 Å². The van der Waals surface area contributed by atoms with Crippen molar-refractivity contribution in [2.75, 3.05) is 0 Å². The maximum Gasteiger partial charge on any atom is 0.0273 e. The molecule has 10 aromatic carbocycles. The number of benzene rings is 10. The minimum absolute atomic E-state index is 1.17. The van der Waals surface area contributed by atoms with Gasteiger partial charge in [0, 0.05) is 12.4 Å². The van der Waals surface area contributed by atoms with E-state index in [4.69, 9.17) is 0 Å². The van der Waals surface area contributed by atoms with E-state index in [2.05, 4.69) is 181 Å². The Hall–Kier alpha value is -6.83. The number of pyridine rings is 1. The van der Waals surface area contributed by atoms with Crippen molar-refractivity contribution in [1.82, 2.24) is 4.98 Å². The summed E-state index contributed by atoms with van der Waals surface area (Å²) >= 11 is 0. The highest BCUT2D eigenvalue weighted by Crippen LogP contribution is 2.48. The molecule has 0 aliphatic heterocycles. The van der Waals surface area contributed by atoms with Gasteiger partial charge < -0.3 is 0 Å². The minimum Gasteiger partial charge on any atom is -0.265 e. The number of rotatable bonds is 4. The summed E-state index contributed by atoms with van der Waals surface area (Å²) in [5, 5.41) is 15.3. The molecule has 1 heteroatoms. The Balaban J connectivity index is 1.22. The van der Waals surface area contributed by atoms with Gasteiger partial charge in [-0.1, -0.05) is 158 Å². The lowest BCUT2D eigenvalue weighted by atomic mass is 9.83. The maximum atomic E-state index is 4.37. The van der Waals surface area contributed by atoms with E-state index < -0.39 is 0 Å². The summed E-state index contributed by atoms with van der Waals surface area (Å²) in [4.78, 5) is 4.37. The van der Waals surface area contributed by atoms with Gasteiger partial charge in [-0.2, -0.15) is 0 Å². The number of hydrogen-bond donors (Lipinski definition) is 0. The second-order valence-electron chi connectivity index (χ2n) is 13.8. The van der Waals surface area contributed by atoms with Crippen LogP contribution in [0.25, 0.3) is 109 Å². The molecule has 0 N–H and O–H groups in total. The first kappa shape index (κ1) is 29.0. The zero-order chi connectivity index (χ0) is 34.2. The molecule has 1 heterocycles. The Morgan fingerprint density at radius 3 is 1.62 bits per heavy atom. The van der Waals surface area contributed by atoms with Crippen LogP contribution in [-0.4, -0.2) is 4.98 Å². The third kappa shape index (κ3) is 4.26. The molecule has 52 heavy (non-hydrogen) atoms. The first-order valence-electron chi connectivity index (χ1n) is 18.0. The van der Waals surface area contributed by atoms with Crippen molar-refractivity contribution in [3.63, 3.8) is 0 Å². The van der Waals surface area contributed by atoms with Gasteiger partial charge in [0.05, 0.1) is 0 Å². The highest BCUT2D eigenvalue weighted by atomic mass is 14.6. The van der Waals surface area contributed by atoms with Gasteiger partial charge in [0.2, 0.25) is 0 Å². The molecule has 0 spiro atoms. The molecule has 1 nitrogen and oxygen atoms in total. The standard InChI is InChI=1S/C51H31N/c1-2-9-32(10-3-1)37-23-26-46-47(31-37)49(36-27-29-52-30-28-36)43-13-4-5-14-44(43)51(46)42-18-8-16-38-39(15-7-17-40(38)42)41-24-21-35-20-19-33-11-6-12-34-22-25-45(41)50(35)48(33)34/h1-31H. The van der Waals surface area contributed by atoms with Crippen LogP contribution in [0.15, 0.2) is 188 Å². The van der Waals surface area contributed by atoms with Crippen molar-refractivity contribution < 1.29 is 0 Å². The molecule has 0 saturated carbocycles. The molecule has 0 aliphatic carbocycles. The van der Waals surface area contributed by atoms with Gasteiger partial charge >= 0.3 is 0 Å². The number of nitrogens with zero attached hydrogens (tertiary/aromatic N) is 1. The van der Waals surface area contributed by atoms with Crippen LogP contribution in [0.1, 0.15) is 0 Å². The van der Waals surface area contributed by atoms with Gasteiger partial charge in [0.25, 0.3) is 0 Å². The summed E-state index contributed by atoms with van der Waals surface area (Å²) < 4.78 is 0. The van der Waals surface area contributed by atoms with Crippen molar-refractivity contribution in [3.05, 3.63) is 188 Å². The van der Waals surface area contributed by atoms with Crippen molar-refractivity contribution in [2.45, 2.75) is 0 Å². The molecule has 0 saturated heterocycles. The van der Waals surface area contributed by atoms with Gasteiger partial charge in [0.15, 0.2) is 0 Å². The minimum atomic E-state index is 1.17. The van der Waals surface area contributed by atoms with Crippen LogP contribution in [0.5, 0.6) is 0 Å². The molecule has 0 atom stereocenters. The molecular weight excluding hydrogens is 627 g/mol. The van der Waals surface area contributed by atoms with E-state index in [1.165, 1.54) is 109 Å². The molecule has 0 radical (unpaired) electrons. The van der Waals surface area contributed by atoms with E-state index in [9.17, 15) is 0 Å². The van der Waals surface area contributed by atoms with E-state index in [-0.39, 0.29) is 0 Å². The van der Waals surface area contributed by atoms with Crippen LogP contribution in [0.4, 0.5) is 0 Å². The Bertz CT molecular complexity index is 3140. The van der Waals surface area contributed by atoms with E-state index in [1.54, 1.807) is 0 Å². The molecule has 0 unspecified atom stereocenters. The molecule has 0 aliphatic rings. The molecule has 0 fully saturated rings. The highest BCUT2D eigenvalue weighted by molar-refractivity contribution is 6.27. The van der Waals surface area contributed by atoms with Crippen LogP contribution < -0.4 is 0 Å². The molecular formula is C51H31N. The Labute approximate surface area is 301 Å². The van der Waals surface area contributed by atoms with E-state index >= 15 is 0 Å². The number of hydrogen-bond acceptors (Lipinski definition) is 1. The third-order valence-electron chi connectivity index (χ3n) is 11.1. The van der Waals surface area contributed by atoms with Gasteiger partial charge in [-0.05, 0) is 127 Å². The summed E-state index contributed by atoms with van der Waals surface area (Å²) in [6.45, 7) is 0. The summed E-state index contributed by atoms with van der Waals surface area (Å²) in [5.41, 5.74) is 9.86. The fourth-order valence-corrected chi connectivity index (χ4v) is 8.84. The molecule has 240 valence electrons. The van der Waals surface area contributed by atoms with Crippen molar-refractivity contribution in [3.8, 4) is 44.5 Å². The van der Waals surface area contributed by atoms with Crippen LogP contribution in [-0.2, 0) is 0 Å². The van der Waals surface area contributed by atoms with Crippen molar-refractivity contribution in [1.29, 1.82) is 0 Å². The zero-order valence-corrected chi connectivity index (χ0v) is 28.3. The van der Waals surface area contributed by atoms with Gasteiger partial charge in [0.1, 0.15) is 0 Å². The first-order valence-corrected chi connectivity index (χ1v) is 18.0. The van der Waals surface area contributed by atoms with Crippen LogP contribution in [0, 0.1) is 0 Å². The average Bonchev–Trinajstić information content (AvgIpc) is 3.22. The van der Waals surface area contributed by atoms with Gasteiger partial charge in [-0.15, -0.1) is 0 Å². The van der Waals surface area contributed by atoms with E-state index in [0.717, 1.165) is 0 Å². The van der Waals surface area contributed by atoms with Crippen LogP contribution in [0.3, 0.4) is 0 Å². The number of fused-ring (bicyclic) bond motifs is 3. The van der Waals surface area contributed by atoms with Gasteiger partial charge in [-0.3, -0.25) is 4.98 Å². The Kier molecular flexibility index (Phi) is 6.32. The Morgan fingerprint density at radius 1 is 0.269 bits per heavy atom. The highest BCUT2D eigenvalue weighted by Gasteiger charge is 2.20. The second-order valence-corrected chi connectivity index (χ2v) is 13.8. The van der Waals surface area contributed by atoms with Gasteiger partial charge in [-0.25, -0.2) is 0 Å². The monoisotopic (exact) mass is 657 g/mol. The predicted octanol–water partition coefficient (Wildman–Crippen LogP) is 14.1. The summed E-state index contributed by atoms with van der Waals surface area (Å²) in [6, 6.07) is 65.0. The third-order valence-corrected chi connectivity index (χ3v) is 11.1. The lowest BCUT2D eigenvalue weighted by Gasteiger charge is -2.20. The lowest BCUT2D eigenvalue weighted by molar-refractivity contribution is 1.33. The largest absolute Gasteiger partial charge is 0.265 e. The summed E-state index contributed by atoms with van der Waals surface area (Å²) in [5.74, 6) is 0. The van der Waals surface area contributed by atoms with Crippen molar-refractivity contribution >= 4 is 64.6 Å². The van der Waals surface area contributed by atoms with Crippen LogP contribution in [0.2, 0.25) is 0 Å². The number of aromatic nitrogens is 1. The Morgan fingerprint density at radius 2 is 0.827 bits per heavy atom. The SMILES string of the molecule is c1ccc(-c2ccc3c(-c4cccc5c(-c6ccc7ccc8cccc9ccc6c7c89)cccc45)c4ccccc4c(-c4ccncc4)c3c2)cc1. The molecule has 11 rings (SSSR count). The van der Waals surface area contributed by atoms with Crippen LogP contribution >= 0.6 is 0 Å². The van der Waals surface area contributed by atoms with Crippen molar-refractivity contribution in [2.24, 2.45) is 0 Å². The average molecular weight is 658 g/mol. The smallest absolute Gasteiger partial charge is 0.0273 e. The normalized spacial score (nSPS) is 11.8. The molecule has 0 amide bonds. The molecule has 0 bridgehead atoms. The topological polar surface area (TPSA) is 12.9 Å². The molecule has 11 aromatic rings. The van der Waals surface area contributed by atoms with E-state index in [1.807, 2.05) is 12.4 Å². The fraction of sp³-hybridized carbons (Fsp3) is 0. The lowest BCUT2D eigenvalue weighted by Crippen LogP contribution is -1.93. The summed E-state index contributed by atoms with van der Waals surface area (Å²) in [6.07, 6.45) is 3.80. The first-order chi connectivity index (χ1) is 25.8. The quantitative estimate of drug-likeness (QED) is 0.136. The second kappa shape index (κ2) is 11.3. The predicted molar refractivity (Wildman–Crippen MR) is 222 cm³/mol. The molecule has 1 aromatic heterocycles. The summed E-state index contributed by atoms with van der Waals surface area (Å²) in [7, 11) is 0. The maximum absolute atomic E-state index is 4.37.